The summed E-state index contributed by atoms with van der Waals surface area (Å²) < 4.78 is 0. The number of nitrogens with one attached hydrogen (secondary N) is 2. The van der Waals surface area contributed by atoms with Gasteiger partial charge in [-0.3, -0.25) is 9.59 Å². The van der Waals surface area contributed by atoms with Crippen LogP contribution in [0.2, 0.25) is 0 Å². The van der Waals surface area contributed by atoms with Gasteiger partial charge >= 0.3 is 0 Å². The van der Waals surface area contributed by atoms with Crippen LogP contribution in [0.3, 0.4) is 0 Å². The first-order valence-corrected chi connectivity index (χ1v) is 6.56. The van der Waals surface area contributed by atoms with Crippen LogP contribution in [0.15, 0.2) is 72.6 Å². The molecule has 0 bridgehead atoms. The molecule has 4 heteroatoms. The number of carbonyl (C=O) groups excluding carboxylic acids is 2. The van der Waals surface area contributed by atoms with Crippen molar-refractivity contribution in [2.45, 2.75) is 6.92 Å². The Kier molecular flexibility index (Phi) is 4.88. The van der Waals surface area contributed by atoms with Gasteiger partial charge in [-0.25, -0.2) is 0 Å². The highest BCUT2D eigenvalue weighted by Crippen LogP contribution is 2.00. The van der Waals surface area contributed by atoms with Crippen molar-refractivity contribution in [3.05, 3.63) is 83.7 Å². The Morgan fingerprint density at radius 1 is 0.810 bits per heavy atom. The SMILES string of the molecule is C/C(=C\NC(=O)c1ccccc1)NC(=O)c1ccccc1. The van der Waals surface area contributed by atoms with Crippen molar-refractivity contribution < 1.29 is 9.59 Å². The zero-order valence-corrected chi connectivity index (χ0v) is 11.7. The van der Waals surface area contributed by atoms with Gasteiger partial charge in [0.15, 0.2) is 0 Å². The second kappa shape index (κ2) is 7.05. The minimum absolute atomic E-state index is 0.210. The predicted molar refractivity (Wildman–Crippen MR) is 81.6 cm³/mol. The van der Waals surface area contributed by atoms with Crippen molar-refractivity contribution in [3.63, 3.8) is 0 Å². The molecule has 0 unspecified atom stereocenters. The van der Waals surface area contributed by atoms with Crippen molar-refractivity contribution in [3.8, 4) is 0 Å². The van der Waals surface area contributed by atoms with E-state index in [1.165, 1.54) is 6.20 Å². The van der Waals surface area contributed by atoms with Gasteiger partial charge in [-0.2, -0.15) is 0 Å². The van der Waals surface area contributed by atoms with Crippen molar-refractivity contribution in [2.75, 3.05) is 0 Å². The summed E-state index contributed by atoms with van der Waals surface area (Å²) in [7, 11) is 0. The molecular weight excluding hydrogens is 264 g/mol. The molecule has 2 aromatic rings. The molecule has 0 aliphatic heterocycles. The third kappa shape index (κ3) is 4.31. The van der Waals surface area contributed by atoms with Crippen molar-refractivity contribution >= 4 is 11.8 Å². The van der Waals surface area contributed by atoms with Gasteiger partial charge in [0, 0.05) is 23.0 Å². The van der Waals surface area contributed by atoms with Gasteiger partial charge in [0.2, 0.25) is 0 Å². The van der Waals surface area contributed by atoms with E-state index in [1.54, 1.807) is 55.5 Å². The maximum Gasteiger partial charge on any atom is 0.255 e. The Morgan fingerprint density at radius 2 is 1.29 bits per heavy atom. The standard InChI is InChI=1S/C17H16N2O2/c1-13(19-17(21)15-10-6-3-7-11-15)12-18-16(20)14-8-4-2-5-9-14/h2-12H,1H3,(H,18,20)(H,19,21)/b13-12+. The Balaban J connectivity index is 1.93. The number of hydrogen-bond donors (Lipinski definition) is 2. The number of hydrogen-bond acceptors (Lipinski definition) is 2. The lowest BCUT2D eigenvalue weighted by atomic mass is 10.2. The molecule has 2 aromatic carbocycles. The molecule has 0 spiro atoms. The predicted octanol–water partition coefficient (Wildman–Crippen LogP) is 2.71. The Bertz CT molecular complexity index is 649. The lowest BCUT2D eigenvalue weighted by Gasteiger charge is -2.06. The first-order valence-electron chi connectivity index (χ1n) is 6.56. The van der Waals surface area contributed by atoms with Gasteiger partial charge in [-0.15, -0.1) is 0 Å². The number of allylic oxidation sites excluding steroid dienone is 1. The molecule has 4 nitrogen and oxygen atoms in total. The van der Waals surface area contributed by atoms with Gasteiger partial charge in [0.05, 0.1) is 0 Å². The van der Waals surface area contributed by atoms with E-state index in [9.17, 15) is 9.59 Å². The van der Waals surface area contributed by atoms with Crippen LogP contribution in [-0.2, 0) is 0 Å². The zero-order valence-electron chi connectivity index (χ0n) is 11.7. The maximum absolute atomic E-state index is 11.9. The van der Waals surface area contributed by atoms with Crippen LogP contribution in [0.25, 0.3) is 0 Å². The smallest absolute Gasteiger partial charge is 0.255 e. The zero-order chi connectivity index (χ0) is 15.1. The van der Waals surface area contributed by atoms with Crippen LogP contribution >= 0.6 is 0 Å². The minimum atomic E-state index is -0.219. The number of benzene rings is 2. The average molecular weight is 280 g/mol. The summed E-state index contributed by atoms with van der Waals surface area (Å²) >= 11 is 0. The molecule has 2 amide bonds. The molecule has 0 atom stereocenters. The van der Waals surface area contributed by atoms with E-state index in [0.717, 1.165) is 0 Å². The fourth-order valence-electron chi connectivity index (χ4n) is 1.72. The summed E-state index contributed by atoms with van der Waals surface area (Å²) in [6.45, 7) is 1.71. The van der Waals surface area contributed by atoms with E-state index in [2.05, 4.69) is 10.6 Å². The minimum Gasteiger partial charge on any atom is -0.327 e. The highest BCUT2D eigenvalue weighted by Gasteiger charge is 2.05. The molecule has 0 aliphatic rings. The molecule has 21 heavy (non-hydrogen) atoms. The third-order valence-corrected chi connectivity index (χ3v) is 2.80. The fraction of sp³-hybridized carbons (Fsp3) is 0.0588. The average Bonchev–Trinajstić information content (AvgIpc) is 2.54. The molecule has 0 fully saturated rings. The van der Waals surface area contributed by atoms with Crippen LogP contribution in [-0.4, -0.2) is 11.8 Å². The number of amides is 2. The monoisotopic (exact) mass is 280 g/mol. The highest BCUT2D eigenvalue weighted by molar-refractivity contribution is 5.96. The van der Waals surface area contributed by atoms with Crippen molar-refractivity contribution in [1.29, 1.82) is 0 Å². The summed E-state index contributed by atoms with van der Waals surface area (Å²) in [5.74, 6) is -0.428. The van der Waals surface area contributed by atoms with Gasteiger partial charge in [0.1, 0.15) is 0 Å². The third-order valence-electron chi connectivity index (χ3n) is 2.80. The molecule has 2 N–H and O–H groups in total. The fourth-order valence-corrected chi connectivity index (χ4v) is 1.72. The lowest BCUT2D eigenvalue weighted by molar-refractivity contribution is 0.0952. The van der Waals surface area contributed by atoms with E-state index in [1.807, 2.05) is 12.1 Å². The van der Waals surface area contributed by atoms with Crippen molar-refractivity contribution in [1.82, 2.24) is 10.6 Å². The van der Waals surface area contributed by atoms with Gasteiger partial charge in [-0.05, 0) is 31.2 Å². The largest absolute Gasteiger partial charge is 0.327 e. The van der Waals surface area contributed by atoms with Crippen LogP contribution in [0.1, 0.15) is 27.6 Å². The molecule has 106 valence electrons. The van der Waals surface area contributed by atoms with E-state index in [4.69, 9.17) is 0 Å². The van der Waals surface area contributed by atoms with E-state index < -0.39 is 0 Å². The maximum atomic E-state index is 11.9. The first-order chi connectivity index (χ1) is 10.2. The lowest BCUT2D eigenvalue weighted by Crippen LogP contribution is -2.25. The molecule has 2 rings (SSSR count). The van der Waals surface area contributed by atoms with E-state index in [0.29, 0.717) is 16.8 Å². The molecule has 0 heterocycles. The van der Waals surface area contributed by atoms with E-state index in [-0.39, 0.29) is 11.8 Å². The second-order valence-electron chi connectivity index (χ2n) is 4.49. The van der Waals surface area contributed by atoms with Gasteiger partial charge in [0.25, 0.3) is 11.8 Å². The van der Waals surface area contributed by atoms with Gasteiger partial charge < -0.3 is 10.6 Å². The highest BCUT2D eigenvalue weighted by atomic mass is 16.2. The van der Waals surface area contributed by atoms with Crippen LogP contribution < -0.4 is 10.6 Å². The Hall–Kier alpha value is -2.88. The van der Waals surface area contributed by atoms with Crippen LogP contribution in [0.4, 0.5) is 0 Å². The van der Waals surface area contributed by atoms with Crippen LogP contribution in [0, 0.1) is 0 Å². The molecule has 0 saturated carbocycles. The van der Waals surface area contributed by atoms with Crippen LogP contribution in [0.5, 0.6) is 0 Å². The molecule has 0 aliphatic carbocycles. The van der Waals surface area contributed by atoms with E-state index >= 15 is 0 Å². The Labute approximate surface area is 123 Å². The molecular formula is C17H16N2O2. The van der Waals surface area contributed by atoms with Crippen molar-refractivity contribution in [2.24, 2.45) is 0 Å². The Morgan fingerprint density at radius 3 is 1.81 bits per heavy atom. The summed E-state index contributed by atoms with van der Waals surface area (Å²) in [6.07, 6.45) is 1.48. The summed E-state index contributed by atoms with van der Waals surface area (Å²) in [6, 6.07) is 17.8. The summed E-state index contributed by atoms with van der Waals surface area (Å²) in [5, 5.41) is 5.35. The van der Waals surface area contributed by atoms with Gasteiger partial charge in [-0.1, -0.05) is 36.4 Å². The molecule has 0 saturated heterocycles. The molecule has 0 radical (unpaired) electrons. The topological polar surface area (TPSA) is 58.2 Å². The molecule has 0 aromatic heterocycles. The summed E-state index contributed by atoms with van der Waals surface area (Å²) in [4.78, 5) is 23.7. The number of rotatable bonds is 4. The first kappa shape index (κ1) is 14.5. The number of carbonyl (C=O) groups is 2. The quantitative estimate of drug-likeness (QED) is 0.904. The normalized spacial score (nSPS) is 10.8. The summed E-state index contributed by atoms with van der Waals surface area (Å²) in [5.41, 5.74) is 1.70. The second-order valence-corrected chi connectivity index (χ2v) is 4.49.